The van der Waals surface area contributed by atoms with Crippen LogP contribution in [0.4, 0.5) is 24.8 Å². The summed E-state index contributed by atoms with van der Waals surface area (Å²) in [5.41, 5.74) is -0.460. The molecule has 2 aromatic carbocycles. The van der Waals surface area contributed by atoms with Crippen molar-refractivity contribution in [3.8, 4) is 17.4 Å². The van der Waals surface area contributed by atoms with Gasteiger partial charge in [0.2, 0.25) is 11.8 Å². The Morgan fingerprint density at radius 2 is 1.62 bits per heavy atom. The van der Waals surface area contributed by atoms with Gasteiger partial charge < -0.3 is 14.8 Å². The van der Waals surface area contributed by atoms with E-state index in [4.69, 9.17) is 9.47 Å². The molecule has 0 amide bonds. The fourth-order valence-electron chi connectivity index (χ4n) is 2.10. The van der Waals surface area contributed by atoms with Crippen molar-refractivity contribution in [2.75, 3.05) is 12.4 Å². The smallest absolute Gasteiger partial charge is 0.423 e. The summed E-state index contributed by atoms with van der Waals surface area (Å²) in [6.07, 6.45) is -3.94. The molecule has 0 bridgehead atoms. The molecule has 0 saturated carbocycles. The molecule has 5 nitrogen and oxygen atoms in total. The summed E-state index contributed by atoms with van der Waals surface area (Å²) in [4.78, 5) is 7.61. The highest BCUT2D eigenvalue weighted by Crippen LogP contribution is 2.37. The maximum absolute atomic E-state index is 13.2. The molecule has 0 atom stereocenters. The topological polar surface area (TPSA) is 56.3 Å². The first-order valence-electron chi connectivity index (χ1n) is 7.54. The number of nitrogens with one attached hydrogen (secondary N) is 1. The summed E-state index contributed by atoms with van der Waals surface area (Å²) in [5, 5.41) is 2.83. The van der Waals surface area contributed by atoms with E-state index in [1.54, 1.807) is 54.6 Å². The van der Waals surface area contributed by atoms with Crippen molar-refractivity contribution in [1.29, 1.82) is 0 Å². The van der Waals surface area contributed by atoms with E-state index in [-0.39, 0.29) is 11.7 Å². The lowest BCUT2D eigenvalue weighted by molar-refractivity contribution is -0.139. The fraction of sp³-hybridized carbons (Fsp3) is 0.111. The van der Waals surface area contributed by atoms with Gasteiger partial charge in [-0.2, -0.15) is 18.2 Å². The fourth-order valence-corrected chi connectivity index (χ4v) is 2.10. The van der Waals surface area contributed by atoms with E-state index in [2.05, 4.69) is 15.3 Å². The van der Waals surface area contributed by atoms with E-state index < -0.39 is 17.6 Å². The van der Waals surface area contributed by atoms with Crippen LogP contribution >= 0.6 is 0 Å². The number of benzene rings is 2. The van der Waals surface area contributed by atoms with Gasteiger partial charge in [0.05, 0.1) is 7.11 Å². The first-order valence-corrected chi connectivity index (χ1v) is 7.54. The van der Waals surface area contributed by atoms with Gasteiger partial charge in [-0.25, -0.2) is 4.98 Å². The molecule has 26 heavy (non-hydrogen) atoms. The molecule has 3 aromatic rings. The van der Waals surface area contributed by atoms with Crippen LogP contribution in [0, 0.1) is 0 Å². The zero-order valence-electron chi connectivity index (χ0n) is 13.6. The Morgan fingerprint density at radius 1 is 0.923 bits per heavy atom. The summed E-state index contributed by atoms with van der Waals surface area (Å²) in [7, 11) is 1.54. The number of rotatable bonds is 5. The maximum atomic E-state index is 13.2. The van der Waals surface area contributed by atoms with Crippen LogP contribution < -0.4 is 14.8 Å². The lowest BCUT2D eigenvalue weighted by Gasteiger charge is -2.14. The predicted molar refractivity (Wildman–Crippen MR) is 89.8 cm³/mol. The number of methoxy groups -OCH3 is 1. The molecule has 0 aliphatic carbocycles. The highest BCUT2D eigenvalue weighted by molar-refractivity contribution is 5.55. The number of alkyl halides is 3. The van der Waals surface area contributed by atoms with Crippen LogP contribution in [0.25, 0.3) is 0 Å². The van der Waals surface area contributed by atoms with E-state index in [1.807, 2.05) is 0 Å². The molecule has 0 fully saturated rings. The zero-order chi connectivity index (χ0) is 18.6. The van der Waals surface area contributed by atoms with Crippen molar-refractivity contribution in [1.82, 2.24) is 9.97 Å². The lowest BCUT2D eigenvalue weighted by Crippen LogP contribution is -2.10. The molecule has 134 valence electrons. The van der Waals surface area contributed by atoms with Gasteiger partial charge in [0, 0.05) is 11.9 Å². The van der Waals surface area contributed by atoms with Crippen molar-refractivity contribution in [3.05, 3.63) is 66.4 Å². The highest BCUT2D eigenvalue weighted by atomic mass is 19.4. The predicted octanol–water partition coefficient (Wildman–Crippen LogP) is 5.04. The van der Waals surface area contributed by atoms with E-state index in [9.17, 15) is 13.2 Å². The molecule has 8 heteroatoms. The maximum Gasteiger partial charge on any atom is 0.423 e. The Kier molecular flexibility index (Phi) is 4.92. The molecule has 0 unspecified atom stereocenters. The first-order chi connectivity index (χ1) is 12.5. The molecule has 3 rings (SSSR count). The molecule has 1 aromatic heterocycles. The minimum atomic E-state index is -4.64. The Morgan fingerprint density at radius 3 is 2.23 bits per heavy atom. The summed E-state index contributed by atoms with van der Waals surface area (Å²) in [5.74, 6) is 0.299. The number of hydrogen-bond donors (Lipinski definition) is 1. The molecule has 1 N–H and O–H groups in total. The molecular weight excluding hydrogens is 347 g/mol. The molecule has 1 heterocycles. The van der Waals surface area contributed by atoms with Crippen molar-refractivity contribution in [2.24, 2.45) is 0 Å². The third kappa shape index (κ3) is 4.21. The van der Waals surface area contributed by atoms with Gasteiger partial charge >= 0.3 is 6.18 Å². The van der Waals surface area contributed by atoms with Gasteiger partial charge in [0.15, 0.2) is 0 Å². The molecule has 0 aliphatic rings. The van der Waals surface area contributed by atoms with Crippen LogP contribution in [0.1, 0.15) is 5.56 Å². The van der Waals surface area contributed by atoms with Gasteiger partial charge in [-0.05, 0) is 36.4 Å². The largest absolute Gasteiger partial charge is 0.497 e. The zero-order valence-corrected chi connectivity index (χ0v) is 13.6. The SMILES string of the molecule is COc1ccc(Nc2ncc(C(F)(F)F)c(Oc3ccccc3)n2)cc1. The molecule has 0 radical (unpaired) electrons. The van der Waals surface area contributed by atoms with E-state index in [0.29, 0.717) is 17.6 Å². The summed E-state index contributed by atoms with van der Waals surface area (Å²) in [6.45, 7) is 0. The summed E-state index contributed by atoms with van der Waals surface area (Å²) < 4.78 is 50.0. The van der Waals surface area contributed by atoms with Gasteiger partial charge in [0.1, 0.15) is 17.1 Å². The highest BCUT2D eigenvalue weighted by Gasteiger charge is 2.36. The number of nitrogens with zero attached hydrogens (tertiary/aromatic N) is 2. The van der Waals surface area contributed by atoms with Crippen LogP contribution in [-0.2, 0) is 6.18 Å². The van der Waals surface area contributed by atoms with E-state index >= 15 is 0 Å². The number of aromatic nitrogens is 2. The second kappa shape index (κ2) is 7.30. The average molecular weight is 361 g/mol. The Labute approximate surface area is 147 Å². The van der Waals surface area contributed by atoms with Crippen molar-refractivity contribution in [2.45, 2.75) is 6.18 Å². The summed E-state index contributed by atoms with van der Waals surface area (Å²) in [6, 6.07) is 14.9. The first kappa shape index (κ1) is 17.5. The van der Waals surface area contributed by atoms with Crippen LogP contribution in [0.5, 0.6) is 17.4 Å². The number of halogens is 3. The third-order valence-corrected chi connectivity index (χ3v) is 3.36. The average Bonchev–Trinajstić information content (AvgIpc) is 2.62. The summed E-state index contributed by atoms with van der Waals surface area (Å²) >= 11 is 0. The van der Waals surface area contributed by atoms with Gasteiger partial charge in [-0.1, -0.05) is 18.2 Å². The number of anilines is 2. The van der Waals surface area contributed by atoms with Crippen LogP contribution in [0.2, 0.25) is 0 Å². The quantitative estimate of drug-likeness (QED) is 0.690. The molecule has 0 saturated heterocycles. The monoisotopic (exact) mass is 361 g/mol. The standard InChI is InChI=1S/C18H14F3N3O2/c1-25-13-9-7-12(8-10-13)23-17-22-11-15(18(19,20)21)16(24-17)26-14-5-3-2-4-6-14/h2-11H,1H3,(H,22,23,24). The van der Waals surface area contributed by atoms with Crippen LogP contribution in [0.3, 0.4) is 0 Å². The second-order valence-electron chi connectivity index (χ2n) is 5.18. The molecule has 0 spiro atoms. The van der Waals surface area contributed by atoms with Gasteiger partial charge in [0.25, 0.3) is 0 Å². The van der Waals surface area contributed by atoms with Crippen molar-refractivity contribution < 1.29 is 22.6 Å². The van der Waals surface area contributed by atoms with E-state index in [0.717, 1.165) is 0 Å². The lowest BCUT2D eigenvalue weighted by atomic mass is 10.3. The van der Waals surface area contributed by atoms with Crippen molar-refractivity contribution >= 4 is 11.6 Å². The number of ether oxygens (including phenoxy) is 2. The Bertz CT molecular complexity index is 869. The third-order valence-electron chi connectivity index (χ3n) is 3.36. The Balaban J connectivity index is 1.90. The van der Waals surface area contributed by atoms with Crippen LogP contribution in [0.15, 0.2) is 60.8 Å². The molecule has 0 aliphatic heterocycles. The minimum absolute atomic E-state index is 0.0194. The van der Waals surface area contributed by atoms with Crippen molar-refractivity contribution in [3.63, 3.8) is 0 Å². The number of hydrogen-bond acceptors (Lipinski definition) is 5. The number of para-hydroxylation sites is 1. The van der Waals surface area contributed by atoms with E-state index in [1.165, 1.54) is 7.11 Å². The Hall–Kier alpha value is -3.29. The second-order valence-corrected chi connectivity index (χ2v) is 5.18. The van der Waals surface area contributed by atoms with Gasteiger partial charge in [-0.3, -0.25) is 0 Å². The molecular formula is C18H14F3N3O2. The normalized spacial score (nSPS) is 11.1. The minimum Gasteiger partial charge on any atom is -0.497 e. The van der Waals surface area contributed by atoms with Crippen LogP contribution in [-0.4, -0.2) is 17.1 Å². The van der Waals surface area contributed by atoms with Gasteiger partial charge in [-0.15, -0.1) is 0 Å².